The Morgan fingerprint density at radius 2 is 2.05 bits per heavy atom. The molecule has 1 fully saturated rings. The highest BCUT2D eigenvalue weighted by atomic mass is 35.5. The van der Waals surface area contributed by atoms with E-state index in [-0.39, 0.29) is 42.2 Å². The number of nitrogens with zero attached hydrogens (tertiary/aromatic N) is 2. The van der Waals surface area contributed by atoms with Crippen LogP contribution in [0.4, 0.5) is 0 Å². The van der Waals surface area contributed by atoms with E-state index >= 15 is 0 Å². The Labute approximate surface area is 132 Å². The molecule has 1 aromatic heterocycles. The Morgan fingerprint density at radius 1 is 1.40 bits per heavy atom. The largest absolute Gasteiger partial charge is 0.338 e. The van der Waals surface area contributed by atoms with Gasteiger partial charge < -0.3 is 10.6 Å². The van der Waals surface area contributed by atoms with E-state index < -0.39 is 0 Å². The van der Waals surface area contributed by atoms with Gasteiger partial charge in [0.2, 0.25) is 0 Å². The minimum absolute atomic E-state index is 0. The van der Waals surface area contributed by atoms with Crippen molar-refractivity contribution >= 4 is 30.7 Å². The van der Waals surface area contributed by atoms with Gasteiger partial charge in [-0.05, 0) is 30.9 Å². The summed E-state index contributed by atoms with van der Waals surface area (Å²) >= 11 is 0. The minimum atomic E-state index is -0.0218. The fraction of sp³-hybridized carbons (Fsp3) is 0.571. The van der Waals surface area contributed by atoms with Gasteiger partial charge in [-0.25, -0.2) is 0 Å². The van der Waals surface area contributed by atoms with Crippen molar-refractivity contribution in [1.82, 2.24) is 9.88 Å². The number of aromatic nitrogens is 1. The van der Waals surface area contributed by atoms with Gasteiger partial charge in [-0.2, -0.15) is 0 Å². The van der Waals surface area contributed by atoms with Crippen molar-refractivity contribution in [3.8, 4) is 0 Å². The fourth-order valence-electron chi connectivity index (χ4n) is 2.32. The number of nitrogens with two attached hydrogens (primary N) is 1. The van der Waals surface area contributed by atoms with Gasteiger partial charge in [-0.15, -0.1) is 24.8 Å². The zero-order valence-corrected chi connectivity index (χ0v) is 13.8. The average molecular weight is 320 g/mol. The van der Waals surface area contributed by atoms with Gasteiger partial charge in [0.15, 0.2) is 0 Å². The van der Waals surface area contributed by atoms with Crippen LogP contribution in [0.3, 0.4) is 0 Å². The molecule has 1 atom stereocenters. The molecule has 2 heterocycles. The standard InChI is InChI=1S/C14H21N3O.2ClH/c1-10-4-5-11(8-16-10)13(18)17-7-6-12(15)14(2,3)9-17;;/h4-5,8,12H,6-7,9,15H2,1-3H3;2*1H. The molecule has 4 nitrogen and oxygen atoms in total. The quantitative estimate of drug-likeness (QED) is 0.864. The van der Waals surface area contributed by atoms with Crippen LogP contribution >= 0.6 is 24.8 Å². The SMILES string of the molecule is Cc1ccc(C(=O)N2CCC(N)C(C)(C)C2)cn1.Cl.Cl. The van der Waals surface area contributed by atoms with E-state index in [1.54, 1.807) is 6.20 Å². The molecule has 0 aliphatic carbocycles. The van der Waals surface area contributed by atoms with Crippen LogP contribution in [-0.2, 0) is 0 Å². The van der Waals surface area contributed by atoms with Gasteiger partial charge in [-0.1, -0.05) is 13.8 Å². The maximum absolute atomic E-state index is 12.4. The van der Waals surface area contributed by atoms with Gasteiger partial charge in [0.1, 0.15) is 0 Å². The van der Waals surface area contributed by atoms with Crippen molar-refractivity contribution < 1.29 is 4.79 Å². The number of halogens is 2. The zero-order valence-electron chi connectivity index (χ0n) is 12.1. The second kappa shape index (κ2) is 7.25. The summed E-state index contributed by atoms with van der Waals surface area (Å²) in [5, 5.41) is 0. The lowest BCUT2D eigenvalue weighted by molar-refractivity contribution is 0.0532. The summed E-state index contributed by atoms with van der Waals surface area (Å²) in [6.45, 7) is 7.59. The molecular formula is C14H23Cl2N3O. The van der Waals surface area contributed by atoms with Crippen molar-refractivity contribution in [3.63, 3.8) is 0 Å². The van der Waals surface area contributed by atoms with Crippen LogP contribution < -0.4 is 5.73 Å². The summed E-state index contributed by atoms with van der Waals surface area (Å²) in [7, 11) is 0. The first-order chi connectivity index (χ1) is 8.40. The molecule has 1 aliphatic rings. The number of hydrogen-bond acceptors (Lipinski definition) is 3. The molecule has 0 aromatic carbocycles. The molecule has 0 bridgehead atoms. The van der Waals surface area contributed by atoms with Crippen LogP contribution in [0.2, 0.25) is 0 Å². The molecule has 2 rings (SSSR count). The molecule has 2 N–H and O–H groups in total. The zero-order chi connectivity index (χ0) is 13.3. The van der Waals surface area contributed by atoms with Gasteiger partial charge in [-0.3, -0.25) is 9.78 Å². The smallest absolute Gasteiger partial charge is 0.255 e. The molecule has 1 amide bonds. The highest BCUT2D eigenvalue weighted by Crippen LogP contribution is 2.28. The normalized spacial score (nSPS) is 20.6. The van der Waals surface area contributed by atoms with Gasteiger partial charge in [0, 0.05) is 31.0 Å². The molecular weight excluding hydrogens is 297 g/mol. The van der Waals surface area contributed by atoms with Crippen molar-refractivity contribution in [1.29, 1.82) is 0 Å². The van der Waals surface area contributed by atoms with Crippen LogP contribution in [0.15, 0.2) is 18.3 Å². The van der Waals surface area contributed by atoms with Crippen LogP contribution in [0.5, 0.6) is 0 Å². The molecule has 1 aliphatic heterocycles. The third-order valence-electron chi connectivity index (χ3n) is 3.76. The van der Waals surface area contributed by atoms with E-state index in [2.05, 4.69) is 18.8 Å². The van der Waals surface area contributed by atoms with Gasteiger partial charge in [0.25, 0.3) is 5.91 Å². The molecule has 0 spiro atoms. The average Bonchev–Trinajstić information content (AvgIpc) is 2.33. The third-order valence-corrected chi connectivity index (χ3v) is 3.76. The van der Waals surface area contributed by atoms with Crippen molar-refractivity contribution in [2.24, 2.45) is 11.1 Å². The third kappa shape index (κ3) is 4.08. The second-order valence-electron chi connectivity index (χ2n) is 5.80. The first-order valence-electron chi connectivity index (χ1n) is 6.38. The summed E-state index contributed by atoms with van der Waals surface area (Å²) in [6.07, 6.45) is 2.51. The van der Waals surface area contributed by atoms with E-state index in [0.29, 0.717) is 12.1 Å². The van der Waals surface area contributed by atoms with Crippen molar-refractivity contribution in [2.45, 2.75) is 33.2 Å². The van der Waals surface area contributed by atoms with Crippen molar-refractivity contribution in [3.05, 3.63) is 29.6 Å². The number of piperidine rings is 1. The second-order valence-corrected chi connectivity index (χ2v) is 5.80. The summed E-state index contributed by atoms with van der Waals surface area (Å²) in [6, 6.07) is 3.87. The first kappa shape index (κ1) is 19.2. The number of aryl methyl sites for hydroxylation is 1. The van der Waals surface area contributed by atoms with Gasteiger partial charge >= 0.3 is 0 Å². The predicted molar refractivity (Wildman–Crippen MR) is 85.7 cm³/mol. The Bertz CT molecular complexity index is 448. The van der Waals surface area contributed by atoms with Crippen molar-refractivity contribution in [2.75, 3.05) is 13.1 Å². The fourth-order valence-corrected chi connectivity index (χ4v) is 2.32. The molecule has 6 heteroatoms. The highest BCUT2D eigenvalue weighted by Gasteiger charge is 2.35. The predicted octanol–water partition coefficient (Wildman–Crippen LogP) is 2.43. The Kier molecular flexibility index (Phi) is 6.94. The Hall–Kier alpha value is -0.840. The van der Waals surface area contributed by atoms with Crippen LogP contribution in [0, 0.1) is 12.3 Å². The summed E-state index contributed by atoms with van der Waals surface area (Å²) in [5.74, 6) is 0.0578. The summed E-state index contributed by atoms with van der Waals surface area (Å²) in [4.78, 5) is 18.4. The summed E-state index contributed by atoms with van der Waals surface area (Å²) in [5.41, 5.74) is 7.64. The van der Waals surface area contributed by atoms with Gasteiger partial charge in [0.05, 0.1) is 5.56 Å². The monoisotopic (exact) mass is 319 g/mol. The number of carbonyl (C=O) groups excluding carboxylic acids is 1. The molecule has 1 aromatic rings. The Morgan fingerprint density at radius 3 is 2.55 bits per heavy atom. The maximum atomic E-state index is 12.4. The number of rotatable bonds is 1. The lowest BCUT2D eigenvalue weighted by Crippen LogP contribution is -2.54. The molecule has 0 radical (unpaired) electrons. The van der Waals surface area contributed by atoms with Crippen LogP contribution in [0.25, 0.3) is 0 Å². The van der Waals surface area contributed by atoms with E-state index in [4.69, 9.17) is 5.73 Å². The number of carbonyl (C=O) groups is 1. The van der Waals surface area contributed by atoms with E-state index in [1.165, 1.54) is 0 Å². The van der Waals surface area contributed by atoms with Crippen LogP contribution in [-0.4, -0.2) is 34.9 Å². The first-order valence-corrected chi connectivity index (χ1v) is 6.38. The van der Waals surface area contributed by atoms with E-state index in [9.17, 15) is 4.79 Å². The molecule has 0 saturated carbocycles. The lowest BCUT2D eigenvalue weighted by atomic mass is 9.79. The Balaban J connectivity index is 0.00000180. The minimum Gasteiger partial charge on any atom is -0.338 e. The number of amides is 1. The maximum Gasteiger partial charge on any atom is 0.255 e. The van der Waals surface area contributed by atoms with E-state index in [1.807, 2.05) is 24.0 Å². The lowest BCUT2D eigenvalue weighted by Gasteiger charge is -2.42. The van der Waals surface area contributed by atoms with E-state index in [0.717, 1.165) is 18.7 Å². The molecule has 114 valence electrons. The molecule has 20 heavy (non-hydrogen) atoms. The number of pyridine rings is 1. The topological polar surface area (TPSA) is 59.2 Å². The molecule has 1 saturated heterocycles. The highest BCUT2D eigenvalue weighted by molar-refractivity contribution is 5.94. The number of likely N-dealkylation sites (tertiary alicyclic amines) is 1. The number of hydrogen-bond donors (Lipinski definition) is 1. The molecule has 1 unspecified atom stereocenters. The summed E-state index contributed by atoms with van der Waals surface area (Å²) < 4.78 is 0. The van der Waals surface area contributed by atoms with Crippen LogP contribution in [0.1, 0.15) is 36.3 Å².